The van der Waals surface area contributed by atoms with Gasteiger partial charge in [0.1, 0.15) is 17.2 Å². The Kier molecular flexibility index (Phi) is 4.76. The van der Waals surface area contributed by atoms with E-state index in [4.69, 9.17) is 44.3 Å². The molecule has 0 aromatic heterocycles. The average Bonchev–Trinajstić information content (AvgIpc) is 2.44. The number of hydrogen-bond acceptors (Lipinski definition) is 3. The van der Waals surface area contributed by atoms with Crippen molar-refractivity contribution in [3.05, 3.63) is 51.0 Å². The number of hydrogen-bond donors (Lipinski definition) is 0. The van der Waals surface area contributed by atoms with Gasteiger partial charge in [-0.2, -0.15) is 0 Å². The number of benzene rings is 2. The maximum atomic E-state index is 11.0. The second-order valence-electron chi connectivity index (χ2n) is 3.82. The van der Waals surface area contributed by atoms with E-state index in [1.807, 2.05) is 0 Å². The number of halogens is 3. The summed E-state index contributed by atoms with van der Waals surface area (Å²) in [5, 5.41) is 0.922. The topological polar surface area (TPSA) is 35.5 Å². The largest absolute Gasteiger partial charge is 0.497 e. The van der Waals surface area contributed by atoms with E-state index in [0.29, 0.717) is 22.8 Å². The second kappa shape index (κ2) is 6.35. The van der Waals surface area contributed by atoms with Crippen LogP contribution in [0.1, 0.15) is 10.4 Å². The van der Waals surface area contributed by atoms with E-state index in [9.17, 15) is 4.79 Å². The lowest BCUT2D eigenvalue weighted by Gasteiger charge is -2.11. The van der Waals surface area contributed by atoms with Crippen LogP contribution >= 0.6 is 34.8 Å². The fourth-order valence-electron chi connectivity index (χ4n) is 1.53. The Morgan fingerprint density at radius 2 is 1.65 bits per heavy atom. The summed E-state index contributed by atoms with van der Waals surface area (Å²) in [6.07, 6.45) is 0.634. The van der Waals surface area contributed by atoms with Crippen LogP contribution in [0.15, 0.2) is 30.3 Å². The first-order valence-corrected chi connectivity index (χ1v) is 6.64. The third kappa shape index (κ3) is 3.18. The number of methoxy groups -OCH3 is 1. The van der Waals surface area contributed by atoms with Crippen LogP contribution < -0.4 is 9.47 Å². The SMILES string of the molecule is COc1ccc(Oc2cc(Cl)c(Cl)cc2C=O)c(Cl)c1. The Bertz CT molecular complexity index is 656. The lowest BCUT2D eigenvalue weighted by molar-refractivity contribution is 0.112. The molecule has 0 aliphatic carbocycles. The quantitative estimate of drug-likeness (QED) is 0.717. The van der Waals surface area contributed by atoms with Crippen molar-refractivity contribution in [1.29, 1.82) is 0 Å². The van der Waals surface area contributed by atoms with Crippen molar-refractivity contribution < 1.29 is 14.3 Å². The van der Waals surface area contributed by atoms with E-state index in [0.717, 1.165) is 0 Å². The van der Waals surface area contributed by atoms with Gasteiger partial charge in [0.2, 0.25) is 0 Å². The predicted octanol–water partition coefficient (Wildman–Crippen LogP) is 5.26. The molecule has 0 radical (unpaired) electrons. The van der Waals surface area contributed by atoms with E-state index in [-0.39, 0.29) is 21.4 Å². The molecule has 104 valence electrons. The number of carbonyl (C=O) groups excluding carboxylic acids is 1. The zero-order valence-electron chi connectivity index (χ0n) is 10.3. The first kappa shape index (κ1) is 15.0. The zero-order valence-corrected chi connectivity index (χ0v) is 12.6. The van der Waals surface area contributed by atoms with Crippen LogP contribution in [0.4, 0.5) is 0 Å². The fourth-order valence-corrected chi connectivity index (χ4v) is 2.07. The normalized spacial score (nSPS) is 10.2. The van der Waals surface area contributed by atoms with Crippen molar-refractivity contribution in [3.63, 3.8) is 0 Å². The molecule has 0 bridgehead atoms. The Balaban J connectivity index is 2.39. The van der Waals surface area contributed by atoms with Gasteiger partial charge < -0.3 is 9.47 Å². The van der Waals surface area contributed by atoms with Gasteiger partial charge in [-0.1, -0.05) is 34.8 Å². The maximum absolute atomic E-state index is 11.0. The fraction of sp³-hybridized carbons (Fsp3) is 0.0714. The maximum Gasteiger partial charge on any atom is 0.153 e. The molecule has 2 rings (SSSR count). The van der Waals surface area contributed by atoms with Gasteiger partial charge in [-0.05, 0) is 18.2 Å². The van der Waals surface area contributed by atoms with Gasteiger partial charge in [0, 0.05) is 12.1 Å². The average molecular weight is 332 g/mol. The van der Waals surface area contributed by atoms with Crippen LogP contribution in [-0.4, -0.2) is 13.4 Å². The van der Waals surface area contributed by atoms with Gasteiger partial charge in [0.25, 0.3) is 0 Å². The highest BCUT2D eigenvalue weighted by Gasteiger charge is 2.11. The van der Waals surface area contributed by atoms with Gasteiger partial charge in [0.15, 0.2) is 6.29 Å². The number of carbonyl (C=O) groups is 1. The molecule has 0 amide bonds. The van der Waals surface area contributed by atoms with Gasteiger partial charge in [-0.15, -0.1) is 0 Å². The summed E-state index contributed by atoms with van der Waals surface area (Å²) in [4.78, 5) is 11.0. The van der Waals surface area contributed by atoms with Crippen molar-refractivity contribution in [2.45, 2.75) is 0 Å². The van der Waals surface area contributed by atoms with Crippen LogP contribution in [0.3, 0.4) is 0 Å². The molecule has 0 spiro atoms. The van der Waals surface area contributed by atoms with Crippen molar-refractivity contribution in [1.82, 2.24) is 0 Å². The van der Waals surface area contributed by atoms with Crippen LogP contribution in [0, 0.1) is 0 Å². The van der Waals surface area contributed by atoms with Crippen molar-refractivity contribution in [3.8, 4) is 17.2 Å². The van der Waals surface area contributed by atoms with Crippen LogP contribution in [0.5, 0.6) is 17.2 Å². The molecule has 0 unspecified atom stereocenters. The van der Waals surface area contributed by atoms with Crippen molar-refractivity contribution in [2.24, 2.45) is 0 Å². The first-order valence-electron chi connectivity index (χ1n) is 5.50. The van der Waals surface area contributed by atoms with Crippen LogP contribution in [0.25, 0.3) is 0 Å². The van der Waals surface area contributed by atoms with Crippen LogP contribution in [-0.2, 0) is 0 Å². The zero-order chi connectivity index (χ0) is 14.7. The Labute approximate surface area is 131 Å². The molecule has 0 fully saturated rings. The number of ether oxygens (including phenoxy) is 2. The van der Waals surface area contributed by atoms with E-state index in [2.05, 4.69) is 0 Å². The Morgan fingerprint density at radius 3 is 2.25 bits per heavy atom. The Morgan fingerprint density at radius 1 is 0.950 bits per heavy atom. The highest BCUT2D eigenvalue weighted by Crippen LogP contribution is 2.36. The van der Waals surface area contributed by atoms with Gasteiger partial charge in [-0.3, -0.25) is 4.79 Å². The van der Waals surface area contributed by atoms with Crippen molar-refractivity contribution in [2.75, 3.05) is 7.11 Å². The summed E-state index contributed by atoms with van der Waals surface area (Å²) in [7, 11) is 1.54. The molecule has 20 heavy (non-hydrogen) atoms. The molecular formula is C14H9Cl3O3. The van der Waals surface area contributed by atoms with Crippen molar-refractivity contribution >= 4 is 41.1 Å². The monoisotopic (exact) mass is 330 g/mol. The third-order valence-corrected chi connectivity index (χ3v) is 3.56. The summed E-state index contributed by atoms with van der Waals surface area (Å²) in [5.41, 5.74) is 0.284. The molecule has 0 heterocycles. The Hall–Kier alpha value is -1.42. The summed E-state index contributed by atoms with van der Waals surface area (Å²) >= 11 is 17.8. The molecule has 0 aliphatic rings. The molecule has 2 aromatic carbocycles. The summed E-state index contributed by atoms with van der Waals surface area (Å²) in [5.74, 6) is 1.27. The molecule has 6 heteroatoms. The molecule has 3 nitrogen and oxygen atoms in total. The van der Waals surface area contributed by atoms with E-state index in [1.54, 1.807) is 18.2 Å². The smallest absolute Gasteiger partial charge is 0.153 e. The lowest BCUT2D eigenvalue weighted by atomic mass is 10.2. The molecule has 0 atom stereocenters. The van der Waals surface area contributed by atoms with Gasteiger partial charge in [0.05, 0.1) is 27.7 Å². The summed E-state index contributed by atoms with van der Waals surface area (Å²) < 4.78 is 10.6. The molecule has 2 aromatic rings. The van der Waals surface area contributed by atoms with E-state index < -0.39 is 0 Å². The predicted molar refractivity (Wildman–Crippen MR) is 79.9 cm³/mol. The minimum atomic E-state index is 0.279. The third-order valence-electron chi connectivity index (χ3n) is 2.54. The molecule has 0 saturated heterocycles. The molecular weight excluding hydrogens is 323 g/mol. The van der Waals surface area contributed by atoms with Gasteiger partial charge in [-0.25, -0.2) is 0 Å². The molecule has 0 aliphatic heterocycles. The minimum Gasteiger partial charge on any atom is -0.497 e. The van der Waals surface area contributed by atoms with Gasteiger partial charge >= 0.3 is 0 Å². The van der Waals surface area contributed by atoms with E-state index in [1.165, 1.54) is 19.2 Å². The number of aldehydes is 1. The summed E-state index contributed by atoms with van der Waals surface area (Å²) in [6, 6.07) is 7.84. The second-order valence-corrected chi connectivity index (χ2v) is 5.04. The minimum absolute atomic E-state index is 0.279. The highest BCUT2D eigenvalue weighted by molar-refractivity contribution is 6.42. The lowest BCUT2D eigenvalue weighted by Crippen LogP contribution is -1.92. The highest BCUT2D eigenvalue weighted by atomic mass is 35.5. The molecule has 0 saturated carbocycles. The van der Waals surface area contributed by atoms with E-state index >= 15 is 0 Å². The number of rotatable bonds is 4. The van der Waals surface area contributed by atoms with Crippen LogP contribution in [0.2, 0.25) is 15.1 Å². The first-order chi connectivity index (χ1) is 9.55. The molecule has 0 N–H and O–H groups in total. The summed E-state index contributed by atoms with van der Waals surface area (Å²) in [6.45, 7) is 0. The standard InChI is InChI=1S/C14H9Cl3O3/c1-19-9-2-3-13(12(17)5-9)20-14-6-11(16)10(15)4-8(14)7-18/h2-7H,1H3.